The van der Waals surface area contributed by atoms with Gasteiger partial charge in [0.2, 0.25) is 0 Å². The highest BCUT2D eigenvalue weighted by atomic mass is 35.5. The quantitative estimate of drug-likeness (QED) is 0.616. The summed E-state index contributed by atoms with van der Waals surface area (Å²) in [7, 11) is 0. The molecule has 0 saturated heterocycles. The van der Waals surface area contributed by atoms with E-state index in [9.17, 15) is 0 Å². The number of rotatable bonds is 2. The topological polar surface area (TPSA) is 0 Å². The van der Waals surface area contributed by atoms with Crippen LogP contribution in [0.5, 0.6) is 0 Å². The SMILES string of the molecule is Cc1ccc(C)c(C(Cl)C2CCCC2(C)C)c1. The van der Waals surface area contributed by atoms with Crippen molar-refractivity contribution in [2.75, 3.05) is 0 Å². The molecule has 2 unspecified atom stereocenters. The van der Waals surface area contributed by atoms with Crippen LogP contribution in [0.3, 0.4) is 0 Å². The molecule has 2 rings (SSSR count). The fourth-order valence-electron chi connectivity index (χ4n) is 3.17. The average Bonchev–Trinajstić information content (AvgIpc) is 2.61. The molecule has 2 atom stereocenters. The van der Waals surface area contributed by atoms with Crippen molar-refractivity contribution in [3.05, 3.63) is 34.9 Å². The Hall–Kier alpha value is -0.490. The van der Waals surface area contributed by atoms with Crippen molar-refractivity contribution in [3.63, 3.8) is 0 Å². The first kappa shape index (κ1) is 13.0. The molecule has 1 aromatic rings. The van der Waals surface area contributed by atoms with E-state index in [1.165, 1.54) is 36.0 Å². The molecule has 0 heterocycles. The minimum Gasteiger partial charge on any atom is -0.117 e. The number of halogens is 1. The first-order chi connectivity index (χ1) is 7.92. The summed E-state index contributed by atoms with van der Waals surface area (Å²) in [6.45, 7) is 9.05. The molecule has 0 radical (unpaired) electrons. The van der Waals surface area contributed by atoms with Gasteiger partial charge in [0.1, 0.15) is 0 Å². The van der Waals surface area contributed by atoms with E-state index in [0.717, 1.165) is 0 Å². The van der Waals surface area contributed by atoms with Crippen LogP contribution < -0.4 is 0 Å². The Morgan fingerprint density at radius 2 is 2.00 bits per heavy atom. The summed E-state index contributed by atoms with van der Waals surface area (Å²) >= 11 is 6.77. The molecule has 0 aromatic heterocycles. The van der Waals surface area contributed by atoms with Crippen LogP contribution in [0.25, 0.3) is 0 Å². The molecule has 17 heavy (non-hydrogen) atoms. The van der Waals surface area contributed by atoms with Gasteiger partial charge in [-0.1, -0.05) is 44.0 Å². The maximum Gasteiger partial charge on any atom is 0.0621 e. The number of aryl methyl sites for hydroxylation is 2. The van der Waals surface area contributed by atoms with Gasteiger partial charge in [-0.05, 0) is 49.1 Å². The Balaban J connectivity index is 2.30. The fourth-order valence-corrected chi connectivity index (χ4v) is 3.87. The maximum atomic E-state index is 6.77. The van der Waals surface area contributed by atoms with E-state index in [1.54, 1.807) is 0 Å². The monoisotopic (exact) mass is 250 g/mol. The van der Waals surface area contributed by atoms with Gasteiger partial charge in [-0.2, -0.15) is 0 Å². The van der Waals surface area contributed by atoms with Crippen LogP contribution >= 0.6 is 11.6 Å². The molecule has 0 aliphatic heterocycles. The van der Waals surface area contributed by atoms with E-state index in [0.29, 0.717) is 11.3 Å². The Labute approximate surface area is 110 Å². The lowest BCUT2D eigenvalue weighted by molar-refractivity contribution is 0.252. The molecule has 94 valence electrons. The second kappa shape index (κ2) is 4.65. The van der Waals surface area contributed by atoms with E-state index in [4.69, 9.17) is 11.6 Å². The van der Waals surface area contributed by atoms with Crippen molar-refractivity contribution in [2.24, 2.45) is 11.3 Å². The van der Waals surface area contributed by atoms with Gasteiger partial charge in [0.15, 0.2) is 0 Å². The smallest absolute Gasteiger partial charge is 0.0621 e. The number of hydrogen-bond donors (Lipinski definition) is 0. The zero-order chi connectivity index (χ0) is 12.6. The number of benzene rings is 1. The molecule has 0 bridgehead atoms. The minimum atomic E-state index is 0.174. The van der Waals surface area contributed by atoms with Crippen LogP contribution in [0.15, 0.2) is 18.2 Å². The molecule has 0 nitrogen and oxygen atoms in total. The van der Waals surface area contributed by atoms with E-state index in [2.05, 4.69) is 45.9 Å². The predicted molar refractivity (Wildman–Crippen MR) is 75.6 cm³/mol. The molecule has 0 N–H and O–H groups in total. The average molecular weight is 251 g/mol. The first-order valence-corrected chi connectivity index (χ1v) is 7.07. The Kier molecular flexibility index (Phi) is 3.54. The van der Waals surface area contributed by atoms with Crippen molar-refractivity contribution in [1.29, 1.82) is 0 Å². The van der Waals surface area contributed by atoms with Crippen molar-refractivity contribution < 1.29 is 0 Å². The summed E-state index contributed by atoms with van der Waals surface area (Å²) in [6, 6.07) is 6.63. The van der Waals surface area contributed by atoms with E-state index < -0.39 is 0 Å². The van der Waals surface area contributed by atoms with Crippen molar-refractivity contribution in [2.45, 2.75) is 52.3 Å². The first-order valence-electron chi connectivity index (χ1n) is 6.63. The Morgan fingerprint density at radius 1 is 1.29 bits per heavy atom. The lowest BCUT2D eigenvalue weighted by Gasteiger charge is -2.31. The molecule has 1 aliphatic carbocycles. The van der Waals surface area contributed by atoms with Gasteiger partial charge >= 0.3 is 0 Å². The lowest BCUT2D eigenvalue weighted by Crippen LogP contribution is -2.22. The highest BCUT2D eigenvalue weighted by Crippen LogP contribution is 2.51. The number of hydrogen-bond acceptors (Lipinski definition) is 0. The van der Waals surface area contributed by atoms with Crippen molar-refractivity contribution in [1.82, 2.24) is 0 Å². The number of alkyl halides is 1. The summed E-state index contributed by atoms with van der Waals surface area (Å²) in [6.07, 6.45) is 3.91. The van der Waals surface area contributed by atoms with Gasteiger partial charge in [0.25, 0.3) is 0 Å². The zero-order valence-electron chi connectivity index (χ0n) is 11.4. The second-order valence-corrected chi connectivity index (χ2v) is 6.72. The van der Waals surface area contributed by atoms with Crippen LogP contribution in [-0.2, 0) is 0 Å². The summed E-state index contributed by atoms with van der Waals surface area (Å²) in [5.41, 5.74) is 4.37. The molecule has 1 fully saturated rings. The summed E-state index contributed by atoms with van der Waals surface area (Å²) in [4.78, 5) is 0. The van der Waals surface area contributed by atoms with Gasteiger partial charge in [-0.15, -0.1) is 11.6 Å². The lowest BCUT2D eigenvalue weighted by atomic mass is 9.77. The maximum absolute atomic E-state index is 6.77. The predicted octanol–water partition coefficient (Wildman–Crippen LogP) is 5.41. The Bertz CT molecular complexity index is 406. The highest BCUT2D eigenvalue weighted by molar-refractivity contribution is 6.21. The third-order valence-corrected chi connectivity index (χ3v) is 4.96. The van der Waals surface area contributed by atoms with Crippen molar-refractivity contribution >= 4 is 11.6 Å². The van der Waals surface area contributed by atoms with Crippen LogP contribution in [0.2, 0.25) is 0 Å². The molecule has 1 aliphatic rings. The molecule has 1 aromatic carbocycles. The zero-order valence-corrected chi connectivity index (χ0v) is 12.1. The normalized spacial score (nSPS) is 24.9. The van der Waals surface area contributed by atoms with Crippen LogP contribution in [0.4, 0.5) is 0 Å². The molecule has 1 saturated carbocycles. The standard InChI is InChI=1S/C16H23Cl/c1-11-7-8-12(2)13(10-11)15(17)14-6-5-9-16(14,3)4/h7-8,10,14-15H,5-6,9H2,1-4H3. The molecular weight excluding hydrogens is 228 g/mol. The second-order valence-electron chi connectivity index (χ2n) is 6.25. The van der Waals surface area contributed by atoms with E-state index in [-0.39, 0.29) is 5.38 Å². The van der Waals surface area contributed by atoms with Crippen LogP contribution in [0, 0.1) is 25.2 Å². The van der Waals surface area contributed by atoms with Crippen LogP contribution in [0.1, 0.15) is 55.2 Å². The summed E-state index contributed by atoms with van der Waals surface area (Å²) in [5.74, 6) is 0.615. The van der Waals surface area contributed by atoms with Crippen molar-refractivity contribution in [3.8, 4) is 0 Å². The molecule has 0 spiro atoms. The largest absolute Gasteiger partial charge is 0.117 e. The van der Waals surface area contributed by atoms with E-state index in [1.807, 2.05) is 0 Å². The van der Waals surface area contributed by atoms with E-state index >= 15 is 0 Å². The third kappa shape index (κ3) is 2.52. The van der Waals surface area contributed by atoms with Gasteiger partial charge in [0.05, 0.1) is 5.38 Å². The van der Waals surface area contributed by atoms with Crippen LogP contribution in [-0.4, -0.2) is 0 Å². The highest BCUT2D eigenvalue weighted by Gasteiger charge is 2.39. The Morgan fingerprint density at radius 3 is 2.59 bits per heavy atom. The summed E-state index contributed by atoms with van der Waals surface area (Å²) in [5, 5.41) is 0.174. The molecular formula is C16H23Cl. The van der Waals surface area contributed by atoms with Gasteiger partial charge in [-0.25, -0.2) is 0 Å². The molecule has 1 heteroatoms. The third-order valence-electron chi connectivity index (χ3n) is 4.43. The minimum absolute atomic E-state index is 0.174. The molecule has 0 amide bonds. The fraction of sp³-hybridized carbons (Fsp3) is 0.625. The van der Waals surface area contributed by atoms with Gasteiger partial charge in [-0.3, -0.25) is 0 Å². The van der Waals surface area contributed by atoms with Gasteiger partial charge < -0.3 is 0 Å². The van der Waals surface area contributed by atoms with Gasteiger partial charge in [0, 0.05) is 0 Å². The summed E-state index contributed by atoms with van der Waals surface area (Å²) < 4.78 is 0.